The number of rotatable bonds is 4. The lowest BCUT2D eigenvalue weighted by molar-refractivity contribution is -0.113. The number of ether oxygens (including phenoxy) is 1. The first kappa shape index (κ1) is 22.0. The zero-order valence-electron chi connectivity index (χ0n) is 18.6. The Morgan fingerprint density at radius 3 is 2.56 bits per heavy atom. The molecule has 1 saturated heterocycles. The number of aromatic nitrogens is 2. The second-order valence-electron chi connectivity index (χ2n) is 8.14. The van der Waals surface area contributed by atoms with Gasteiger partial charge in [-0.2, -0.15) is 10.4 Å². The van der Waals surface area contributed by atoms with E-state index in [9.17, 15) is 10.1 Å². The summed E-state index contributed by atoms with van der Waals surface area (Å²) in [7, 11) is 0. The molecule has 2 aliphatic rings. The van der Waals surface area contributed by atoms with Crippen LogP contribution in [0.3, 0.4) is 0 Å². The number of fused-ring (bicyclic) bond motifs is 1. The Kier molecular flexibility index (Phi) is 5.97. The van der Waals surface area contributed by atoms with E-state index in [0.717, 1.165) is 5.56 Å². The molecular formula is C25H23ClN6O2. The van der Waals surface area contributed by atoms with E-state index in [2.05, 4.69) is 21.6 Å². The van der Waals surface area contributed by atoms with Gasteiger partial charge in [0.15, 0.2) is 5.82 Å². The maximum Gasteiger partial charge on any atom is 0.255 e. The maximum absolute atomic E-state index is 13.5. The zero-order valence-corrected chi connectivity index (χ0v) is 19.3. The van der Waals surface area contributed by atoms with Gasteiger partial charge in [0.2, 0.25) is 0 Å². The summed E-state index contributed by atoms with van der Waals surface area (Å²) >= 11 is 5.99. The normalized spacial score (nSPS) is 17.6. The fourth-order valence-corrected chi connectivity index (χ4v) is 4.50. The second-order valence-corrected chi connectivity index (χ2v) is 8.58. The van der Waals surface area contributed by atoms with Crippen molar-refractivity contribution >= 4 is 34.8 Å². The number of nitrogens with zero attached hydrogens (tertiary/aromatic N) is 4. The number of carbonyl (C=O) groups is 1. The van der Waals surface area contributed by atoms with Gasteiger partial charge in [-0.1, -0.05) is 41.9 Å². The molecule has 0 spiro atoms. The molecule has 0 radical (unpaired) electrons. The molecule has 0 bridgehead atoms. The van der Waals surface area contributed by atoms with Gasteiger partial charge >= 0.3 is 0 Å². The van der Waals surface area contributed by atoms with Crippen molar-refractivity contribution in [3.63, 3.8) is 0 Å². The third-order valence-corrected chi connectivity index (χ3v) is 6.26. The average Bonchev–Trinajstić information content (AvgIpc) is 3.23. The van der Waals surface area contributed by atoms with Crippen LogP contribution in [0.25, 0.3) is 0 Å². The summed E-state index contributed by atoms with van der Waals surface area (Å²) < 4.78 is 7.22. The van der Waals surface area contributed by atoms with Gasteiger partial charge in [-0.15, -0.1) is 0 Å². The molecule has 0 saturated carbocycles. The summed E-state index contributed by atoms with van der Waals surface area (Å²) in [6, 6.07) is 18.5. The van der Waals surface area contributed by atoms with Crippen molar-refractivity contribution in [2.45, 2.75) is 13.0 Å². The quantitative estimate of drug-likeness (QED) is 0.589. The number of halogens is 1. The van der Waals surface area contributed by atoms with E-state index < -0.39 is 6.04 Å². The minimum atomic E-state index is -0.508. The van der Waals surface area contributed by atoms with Crippen molar-refractivity contribution in [3.05, 3.63) is 82.0 Å². The van der Waals surface area contributed by atoms with Crippen LogP contribution in [0.1, 0.15) is 24.1 Å². The van der Waals surface area contributed by atoms with Gasteiger partial charge in [-0.05, 0) is 36.8 Å². The van der Waals surface area contributed by atoms with Crippen LogP contribution in [0.2, 0.25) is 5.02 Å². The lowest BCUT2D eigenvalue weighted by atomic mass is 9.94. The first-order valence-electron chi connectivity index (χ1n) is 11.0. The molecule has 2 N–H and O–H groups in total. The Balaban J connectivity index is 1.60. The topological polar surface area (TPSA) is 95.2 Å². The molecule has 1 aromatic heterocycles. The highest BCUT2D eigenvalue weighted by molar-refractivity contribution is 6.30. The Morgan fingerprint density at radius 2 is 1.88 bits per heavy atom. The Morgan fingerprint density at radius 1 is 1.18 bits per heavy atom. The van der Waals surface area contributed by atoms with Gasteiger partial charge in [0.25, 0.3) is 5.91 Å². The van der Waals surface area contributed by atoms with E-state index in [4.69, 9.17) is 21.4 Å². The van der Waals surface area contributed by atoms with Crippen molar-refractivity contribution < 1.29 is 9.53 Å². The van der Waals surface area contributed by atoms with Crippen molar-refractivity contribution in [2.75, 3.05) is 41.8 Å². The first-order chi connectivity index (χ1) is 16.6. The summed E-state index contributed by atoms with van der Waals surface area (Å²) in [4.78, 5) is 15.6. The highest BCUT2D eigenvalue weighted by Crippen LogP contribution is 2.40. The number of anilines is 3. The van der Waals surface area contributed by atoms with Crippen LogP contribution in [-0.4, -0.2) is 42.0 Å². The van der Waals surface area contributed by atoms with Crippen LogP contribution < -0.4 is 15.5 Å². The number of nitriles is 1. The van der Waals surface area contributed by atoms with Crippen molar-refractivity contribution in [1.29, 1.82) is 5.26 Å². The van der Waals surface area contributed by atoms with Gasteiger partial charge < -0.3 is 20.3 Å². The van der Waals surface area contributed by atoms with Crippen molar-refractivity contribution in [3.8, 4) is 6.07 Å². The van der Waals surface area contributed by atoms with Crippen molar-refractivity contribution in [2.24, 2.45) is 0 Å². The largest absolute Gasteiger partial charge is 0.378 e. The molecule has 2 aromatic carbocycles. The van der Waals surface area contributed by atoms with E-state index in [-0.39, 0.29) is 5.91 Å². The molecule has 34 heavy (non-hydrogen) atoms. The number of amides is 1. The lowest BCUT2D eigenvalue weighted by Crippen LogP contribution is -2.37. The second kappa shape index (κ2) is 9.21. The summed E-state index contributed by atoms with van der Waals surface area (Å²) in [5.74, 6) is 0.925. The van der Waals surface area contributed by atoms with Crippen LogP contribution in [0.4, 0.5) is 17.3 Å². The third kappa shape index (κ3) is 4.00. The minimum Gasteiger partial charge on any atom is -0.378 e. The molecule has 1 fully saturated rings. The highest BCUT2D eigenvalue weighted by atomic mass is 35.5. The summed E-state index contributed by atoms with van der Waals surface area (Å²) in [6.45, 7) is 4.30. The third-order valence-electron chi connectivity index (χ3n) is 6.00. The first-order valence-corrected chi connectivity index (χ1v) is 11.4. The van der Waals surface area contributed by atoms with E-state index >= 15 is 0 Å². The van der Waals surface area contributed by atoms with Gasteiger partial charge in [-0.3, -0.25) is 4.79 Å². The number of hydrogen-bond donors (Lipinski definition) is 2. The van der Waals surface area contributed by atoms with Gasteiger partial charge in [0, 0.05) is 29.5 Å². The molecule has 3 heterocycles. The molecule has 1 amide bonds. The number of carbonyl (C=O) groups excluding carboxylic acids is 1. The minimum absolute atomic E-state index is 0.256. The summed E-state index contributed by atoms with van der Waals surface area (Å²) in [6.07, 6.45) is 0. The average molecular weight is 475 g/mol. The highest BCUT2D eigenvalue weighted by Gasteiger charge is 2.36. The van der Waals surface area contributed by atoms with E-state index in [0.29, 0.717) is 65.5 Å². The van der Waals surface area contributed by atoms with Crippen LogP contribution in [0.15, 0.2) is 65.9 Å². The van der Waals surface area contributed by atoms with Gasteiger partial charge in [0.1, 0.15) is 23.5 Å². The predicted octanol–water partition coefficient (Wildman–Crippen LogP) is 4.17. The molecule has 0 aliphatic carbocycles. The standard InChI is InChI=1S/C25H23ClN6O2/c1-16-21(25(33)29-19-9-7-18(26)8-10-19)22(17-5-3-2-4-6-17)32-23(28-16)20(15-27)24(30-32)31-11-13-34-14-12-31/h2-10,22,28H,11-14H2,1H3,(H,29,33). The molecule has 2 aliphatic heterocycles. The molecule has 172 valence electrons. The van der Waals surface area contributed by atoms with E-state index in [1.807, 2.05) is 37.3 Å². The molecule has 8 nitrogen and oxygen atoms in total. The lowest BCUT2D eigenvalue weighted by Gasteiger charge is -2.30. The fraction of sp³-hybridized carbons (Fsp3) is 0.240. The Labute approximate surface area is 202 Å². The van der Waals surface area contributed by atoms with Gasteiger partial charge in [-0.25, -0.2) is 4.68 Å². The maximum atomic E-state index is 13.5. The van der Waals surface area contributed by atoms with Crippen LogP contribution >= 0.6 is 11.6 Å². The van der Waals surface area contributed by atoms with E-state index in [1.165, 1.54) is 0 Å². The predicted molar refractivity (Wildman–Crippen MR) is 131 cm³/mol. The van der Waals surface area contributed by atoms with Crippen LogP contribution in [-0.2, 0) is 9.53 Å². The molecule has 3 aromatic rings. The van der Waals surface area contributed by atoms with E-state index in [1.54, 1.807) is 28.9 Å². The zero-order chi connectivity index (χ0) is 23.7. The summed E-state index contributed by atoms with van der Waals surface area (Å²) in [5, 5.41) is 21.7. The number of benzene rings is 2. The van der Waals surface area contributed by atoms with Crippen molar-refractivity contribution in [1.82, 2.24) is 9.78 Å². The number of morpholine rings is 1. The Bertz CT molecular complexity index is 1290. The number of nitrogens with one attached hydrogen (secondary N) is 2. The Hall–Kier alpha value is -3.80. The van der Waals surface area contributed by atoms with Crippen LogP contribution in [0, 0.1) is 11.3 Å². The molecule has 1 unspecified atom stereocenters. The molecule has 1 atom stereocenters. The molecule has 9 heteroatoms. The molecule has 5 rings (SSSR count). The summed E-state index contributed by atoms with van der Waals surface area (Å²) in [5.41, 5.74) is 3.18. The number of allylic oxidation sites excluding steroid dienone is 1. The fourth-order valence-electron chi connectivity index (χ4n) is 4.37. The monoisotopic (exact) mass is 474 g/mol. The smallest absolute Gasteiger partial charge is 0.255 e. The van der Waals surface area contributed by atoms with Crippen LogP contribution in [0.5, 0.6) is 0 Å². The SMILES string of the molecule is CC1=C(C(=O)Nc2ccc(Cl)cc2)C(c2ccccc2)n2nc(N3CCOCC3)c(C#N)c2N1. The number of hydrogen-bond acceptors (Lipinski definition) is 6. The molecular weight excluding hydrogens is 452 g/mol. The van der Waals surface area contributed by atoms with Gasteiger partial charge in [0.05, 0.1) is 18.8 Å².